The fourth-order valence-electron chi connectivity index (χ4n) is 9.73. The normalized spacial score (nSPS) is 13.8. The number of fused-ring (bicyclic) bond motifs is 10. The summed E-state index contributed by atoms with van der Waals surface area (Å²) in [5, 5.41) is 2.04. The molecule has 0 fully saturated rings. The van der Waals surface area contributed by atoms with Crippen LogP contribution in [0.2, 0.25) is 0 Å². The average Bonchev–Trinajstić information content (AvgIpc) is 4.07. The van der Waals surface area contributed by atoms with Crippen molar-refractivity contribution in [3.8, 4) is 84.3 Å². The third kappa shape index (κ3) is 7.20. The molecule has 6 heteroatoms. The van der Waals surface area contributed by atoms with Crippen molar-refractivity contribution in [3.63, 3.8) is 0 Å². The zero-order valence-corrected chi connectivity index (χ0v) is 40.2. The summed E-state index contributed by atoms with van der Waals surface area (Å²) in [5.41, 5.74) is 10.1. The number of imidazole rings is 1. The van der Waals surface area contributed by atoms with E-state index in [-0.39, 0.29) is 49.7 Å². The van der Waals surface area contributed by atoms with Gasteiger partial charge in [0.25, 0.3) is 6.33 Å². The van der Waals surface area contributed by atoms with E-state index in [1.54, 1.807) is 24.3 Å². The molecule has 0 radical (unpaired) electrons. The van der Waals surface area contributed by atoms with E-state index in [9.17, 15) is 2.74 Å². The predicted molar refractivity (Wildman–Crippen MR) is 279 cm³/mol. The molecular weight excluding hydrogens is 1040 g/mol. The number of hydrogen-bond donors (Lipinski definition) is 0. The molecule has 0 atom stereocenters. The number of rotatable bonds is 6. The molecule has 0 amide bonds. The minimum Gasteiger partial charge on any atom is -0.510 e. The van der Waals surface area contributed by atoms with Crippen LogP contribution in [0.1, 0.15) is 40.0 Å². The Balaban J connectivity index is 0.00000637. The van der Waals surface area contributed by atoms with Gasteiger partial charge in [-0.25, -0.2) is 4.98 Å². The molecule has 0 unspecified atom stereocenters. The Morgan fingerprint density at radius 2 is 1.20 bits per heavy atom. The summed E-state index contributed by atoms with van der Waals surface area (Å²) in [5.74, 6) is 1.61. The minimum atomic E-state index is -0.531. The molecule has 0 spiro atoms. The maximum Gasteiger partial charge on any atom is 0.268 e. The second-order valence-electron chi connectivity index (χ2n) is 18.0. The van der Waals surface area contributed by atoms with Crippen molar-refractivity contribution in [3.05, 3.63) is 236 Å². The Morgan fingerprint density at radius 3 is 2.01 bits per heavy atom. The number of nitrogens with zero attached hydrogens (tertiary/aromatic N) is 4. The molecule has 0 bridgehead atoms. The first-order valence-electron chi connectivity index (χ1n) is 27.6. The summed E-state index contributed by atoms with van der Waals surface area (Å²) in [4.78, 5) is 4.84. The van der Waals surface area contributed by atoms with Crippen LogP contribution in [0.15, 0.2) is 212 Å². The molecule has 4 heterocycles. The molecule has 9 aromatic carbocycles. The quantitative estimate of drug-likeness (QED) is 0.123. The van der Waals surface area contributed by atoms with E-state index in [1.165, 1.54) is 0 Å². The second kappa shape index (κ2) is 17.1. The van der Waals surface area contributed by atoms with Gasteiger partial charge >= 0.3 is 0 Å². The number of benzene rings is 9. The molecule has 5 nitrogen and oxygen atoms in total. The predicted octanol–water partition coefficient (Wildman–Crippen LogP) is 15.5. The van der Waals surface area contributed by atoms with Crippen LogP contribution in [0.3, 0.4) is 0 Å². The van der Waals surface area contributed by atoms with Gasteiger partial charge in [0.1, 0.15) is 5.82 Å². The van der Waals surface area contributed by atoms with Crippen LogP contribution in [-0.2, 0) is 26.5 Å². The maximum atomic E-state index is 9.32. The Morgan fingerprint density at radius 1 is 0.543 bits per heavy atom. The van der Waals surface area contributed by atoms with Crippen LogP contribution >= 0.6 is 0 Å². The molecular formula is C64H44N4OPt-2. The summed E-state index contributed by atoms with van der Waals surface area (Å²) in [7, 11) is 0. The van der Waals surface area contributed by atoms with Gasteiger partial charge in [-0.2, -0.15) is 18.2 Å². The van der Waals surface area contributed by atoms with Crippen molar-refractivity contribution in [2.45, 2.75) is 26.2 Å². The van der Waals surface area contributed by atoms with Crippen LogP contribution in [-0.4, -0.2) is 14.1 Å². The molecule has 1 aliphatic rings. The summed E-state index contributed by atoms with van der Waals surface area (Å²) >= 11 is 0. The van der Waals surface area contributed by atoms with Crippen LogP contribution in [0, 0.1) is 18.5 Å². The molecule has 12 aromatic rings. The van der Waals surface area contributed by atoms with Crippen LogP contribution in [0.25, 0.3) is 106 Å². The molecule has 0 N–H and O–H groups in total. The first-order chi connectivity index (χ1) is 38.0. The molecule has 0 saturated carbocycles. The molecule has 13 rings (SSSR count). The smallest absolute Gasteiger partial charge is 0.268 e. The standard InChI is InChI=1S/C64H44N4O.Pt/c1-64(2,3)45-35-36-65-61(38-45)68-58-29-13-12-25-53(58)54-34-32-48(40-60(54)68)69-47-22-14-21-46(39-47)66-41-67-62-49(43-19-8-5-9-20-43)26-15-27-56(62)57-37-44(42-17-6-4-7-18-42)31-33-52(57)50-23-10-11-24-51(50)55-28-16-30-59(66)63(55)67;/h4-38H,1-3H3;/q-2;/i4D,5D,6D,7D,8D,9D,17D,18D,19D,20D;. The van der Waals surface area contributed by atoms with E-state index in [0.717, 1.165) is 55.4 Å². The van der Waals surface area contributed by atoms with Crippen molar-refractivity contribution in [2.24, 2.45) is 0 Å². The Bertz CT molecular complexity index is 4540. The number of aromatic nitrogens is 4. The van der Waals surface area contributed by atoms with Crippen molar-refractivity contribution < 1.29 is 44.1 Å². The SMILES string of the molecule is [2H]c1c([2H])c([2H])c(-c2ccc3c(c2)-c2cccc(-c4c([2H])c([2H])c([2H])c([2H])c4[2H])c2-[n+]2[c-]n(-c4[c-]c(Oc5[c-]c6c(cc5)c5ccccc5n6-c5cc(C(C)(C)C)ccn5)ccc4)c4cccc(c42)-c2ccccc2-3)c([2H])c1[2H].[Pt]. The topological polar surface area (TPSA) is 35.9 Å². The Kier molecular flexibility index (Phi) is 8.18. The summed E-state index contributed by atoms with van der Waals surface area (Å²) in [6, 6.07) is 49.1. The summed E-state index contributed by atoms with van der Waals surface area (Å²) in [6.45, 7) is 6.54. The summed E-state index contributed by atoms with van der Waals surface area (Å²) < 4.78 is 101. The van der Waals surface area contributed by atoms with Gasteiger partial charge in [-0.15, -0.1) is 29.7 Å². The van der Waals surface area contributed by atoms with Crippen LogP contribution < -0.4 is 9.30 Å². The van der Waals surface area contributed by atoms with Gasteiger partial charge in [0, 0.05) is 44.3 Å². The van der Waals surface area contributed by atoms with E-state index in [2.05, 4.69) is 62.0 Å². The molecule has 0 aliphatic carbocycles. The van der Waals surface area contributed by atoms with Gasteiger partial charge in [0.2, 0.25) is 0 Å². The number of hydrogen-bond acceptors (Lipinski definition) is 2. The fraction of sp³-hybridized carbons (Fsp3) is 0.0625. The third-order valence-corrected chi connectivity index (χ3v) is 12.9. The fourth-order valence-corrected chi connectivity index (χ4v) is 9.73. The third-order valence-electron chi connectivity index (χ3n) is 12.9. The molecule has 3 aromatic heterocycles. The van der Waals surface area contributed by atoms with Gasteiger partial charge in [-0.05, 0) is 102 Å². The minimum absolute atomic E-state index is 0. The second-order valence-corrected chi connectivity index (χ2v) is 18.0. The number of ether oxygens (including phenoxy) is 1. The summed E-state index contributed by atoms with van der Waals surface area (Å²) in [6.07, 6.45) is 5.49. The van der Waals surface area contributed by atoms with E-state index in [0.29, 0.717) is 56.2 Å². The monoisotopic (exact) mass is 1090 g/mol. The Labute approximate surface area is 435 Å². The van der Waals surface area contributed by atoms with E-state index in [4.69, 9.17) is 20.7 Å². The zero-order chi connectivity index (χ0) is 54.9. The van der Waals surface area contributed by atoms with E-state index < -0.39 is 48.3 Å². The maximum absolute atomic E-state index is 9.32. The van der Waals surface area contributed by atoms with Gasteiger partial charge in [-0.3, -0.25) is 4.57 Å². The van der Waals surface area contributed by atoms with Crippen LogP contribution in [0.4, 0.5) is 0 Å². The average molecular weight is 1090 g/mol. The van der Waals surface area contributed by atoms with Gasteiger partial charge in [0.15, 0.2) is 0 Å². The zero-order valence-electron chi connectivity index (χ0n) is 47.9. The first-order valence-corrected chi connectivity index (χ1v) is 22.6. The van der Waals surface area contributed by atoms with Crippen molar-refractivity contribution >= 4 is 32.8 Å². The number of para-hydroxylation sites is 3. The largest absolute Gasteiger partial charge is 0.510 e. The van der Waals surface area contributed by atoms with Crippen molar-refractivity contribution in [1.82, 2.24) is 14.1 Å². The van der Waals surface area contributed by atoms with Crippen LogP contribution in [0.5, 0.6) is 11.5 Å². The Hall–Kier alpha value is -8.11. The van der Waals surface area contributed by atoms with Gasteiger partial charge in [-0.1, -0.05) is 178 Å². The molecule has 0 saturated heterocycles. The molecule has 70 heavy (non-hydrogen) atoms. The van der Waals surface area contributed by atoms with E-state index >= 15 is 0 Å². The first kappa shape index (κ1) is 33.4. The van der Waals surface area contributed by atoms with Gasteiger partial charge < -0.3 is 13.9 Å². The molecule has 1 aliphatic heterocycles. The van der Waals surface area contributed by atoms with Crippen molar-refractivity contribution in [1.29, 1.82) is 0 Å². The molecule has 338 valence electrons. The number of pyridine rings is 1. The van der Waals surface area contributed by atoms with Gasteiger partial charge in [0.05, 0.1) is 30.4 Å². The van der Waals surface area contributed by atoms with E-state index in [1.807, 2.05) is 118 Å². The van der Waals surface area contributed by atoms with Crippen molar-refractivity contribution in [2.75, 3.05) is 0 Å².